The van der Waals surface area contributed by atoms with E-state index in [0.717, 1.165) is 32.1 Å². The van der Waals surface area contributed by atoms with E-state index in [-0.39, 0.29) is 29.8 Å². The zero-order valence-corrected chi connectivity index (χ0v) is 17.0. The van der Waals surface area contributed by atoms with Crippen LogP contribution in [0.5, 0.6) is 0 Å². The summed E-state index contributed by atoms with van der Waals surface area (Å²) >= 11 is 1.19. The van der Waals surface area contributed by atoms with Gasteiger partial charge in [-0.25, -0.2) is 14.3 Å². The maximum atomic E-state index is 13.5. The smallest absolute Gasteiger partial charge is 0.389 e. The average molecular weight is 431 g/mol. The van der Waals surface area contributed by atoms with Gasteiger partial charge in [0, 0.05) is 49.2 Å². The van der Waals surface area contributed by atoms with E-state index in [0.29, 0.717) is 0 Å². The predicted molar refractivity (Wildman–Crippen MR) is 105 cm³/mol. The van der Waals surface area contributed by atoms with Crippen LogP contribution in [0.2, 0.25) is 0 Å². The molecule has 160 valence electrons. The number of aromatic nitrogens is 4. The summed E-state index contributed by atoms with van der Waals surface area (Å²) in [6.07, 6.45) is 0.514. The molecule has 0 amide bonds. The summed E-state index contributed by atoms with van der Waals surface area (Å²) in [7, 11) is 0. The summed E-state index contributed by atoms with van der Waals surface area (Å²) in [5.74, 6) is 0.141. The molecule has 0 saturated carbocycles. The van der Waals surface area contributed by atoms with Crippen molar-refractivity contribution in [3.05, 3.63) is 24.2 Å². The molecule has 12 heteroatoms. The maximum absolute atomic E-state index is 13.5. The van der Waals surface area contributed by atoms with Crippen molar-refractivity contribution in [1.82, 2.24) is 24.1 Å². The number of nitrogens with zero attached hydrogens (tertiary/aromatic N) is 5. The van der Waals surface area contributed by atoms with E-state index in [9.17, 15) is 18.3 Å². The molecular weight excluding hydrogens is 407 g/mol. The fourth-order valence-electron chi connectivity index (χ4n) is 3.14. The lowest BCUT2D eigenvalue weighted by atomic mass is 10.1. The first kappa shape index (κ1) is 21.8. The van der Waals surface area contributed by atoms with Crippen LogP contribution in [0.15, 0.2) is 18.6 Å². The normalized spacial score (nSPS) is 16.9. The van der Waals surface area contributed by atoms with Crippen molar-refractivity contribution in [1.29, 1.82) is 0 Å². The van der Waals surface area contributed by atoms with Gasteiger partial charge in [0.1, 0.15) is 5.56 Å². The molecule has 0 aromatic carbocycles. The number of hydrogen-bond acceptors (Lipinski definition) is 8. The number of anilines is 1. The molecule has 29 heavy (non-hydrogen) atoms. The number of nitrogens with one attached hydrogen (secondary N) is 1. The highest BCUT2D eigenvalue weighted by Crippen LogP contribution is 2.36. The summed E-state index contributed by atoms with van der Waals surface area (Å²) in [5.41, 5.74) is -2.01. The molecule has 3 heterocycles. The Morgan fingerprint density at radius 2 is 1.97 bits per heavy atom. The van der Waals surface area contributed by atoms with Crippen molar-refractivity contribution in [2.75, 3.05) is 18.4 Å². The number of piperidine rings is 1. The largest absolute Gasteiger partial charge is 0.419 e. The van der Waals surface area contributed by atoms with Crippen molar-refractivity contribution in [3.63, 3.8) is 0 Å². The summed E-state index contributed by atoms with van der Waals surface area (Å²) in [4.78, 5) is 8.03. The highest BCUT2D eigenvalue weighted by molar-refractivity contribution is 7.94. The molecule has 2 aromatic heterocycles. The maximum Gasteiger partial charge on any atom is 0.419 e. The third-order valence-electron chi connectivity index (χ3n) is 4.49. The van der Waals surface area contributed by atoms with Crippen LogP contribution in [0, 0.1) is 0 Å². The third-order valence-corrected chi connectivity index (χ3v) is 5.15. The second-order valence-corrected chi connectivity index (χ2v) is 8.37. The van der Waals surface area contributed by atoms with Crippen LogP contribution in [-0.4, -0.2) is 53.9 Å². The van der Waals surface area contributed by atoms with E-state index in [1.54, 1.807) is 13.8 Å². The van der Waals surface area contributed by atoms with Gasteiger partial charge in [-0.1, -0.05) is 0 Å². The topological polar surface area (TPSA) is 105 Å². The molecule has 0 spiro atoms. The molecule has 0 aliphatic carbocycles. The zero-order valence-electron chi connectivity index (χ0n) is 16.1. The van der Waals surface area contributed by atoms with Crippen molar-refractivity contribution in [2.24, 2.45) is 5.14 Å². The predicted octanol–water partition coefficient (Wildman–Crippen LogP) is 2.53. The van der Waals surface area contributed by atoms with Gasteiger partial charge in [0.15, 0.2) is 0 Å². The van der Waals surface area contributed by atoms with E-state index in [4.69, 9.17) is 5.14 Å². The molecule has 1 saturated heterocycles. The van der Waals surface area contributed by atoms with Crippen LogP contribution in [0.3, 0.4) is 0 Å². The average Bonchev–Trinajstić information content (AvgIpc) is 3.08. The molecule has 1 fully saturated rings. The SMILES string of the molecule is CC(C)(O)Cn1cc(-c2nc(NC3CCN(SN)CC3)ncc2C(F)(F)F)cn1. The van der Waals surface area contributed by atoms with Crippen molar-refractivity contribution in [2.45, 2.75) is 51.1 Å². The molecule has 0 bridgehead atoms. The van der Waals surface area contributed by atoms with Gasteiger partial charge in [0.2, 0.25) is 5.95 Å². The van der Waals surface area contributed by atoms with E-state index in [2.05, 4.69) is 20.4 Å². The van der Waals surface area contributed by atoms with Gasteiger partial charge in [-0.3, -0.25) is 9.82 Å². The molecule has 8 nitrogen and oxygen atoms in total. The Morgan fingerprint density at radius 1 is 1.28 bits per heavy atom. The lowest BCUT2D eigenvalue weighted by molar-refractivity contribution is -0.137. The van der Waals surface area contributed by atoms with Gasteiger partial charge in [-0.2, -0.15) is 18.3 Å². The Hall–Kier alpha value is -1.89. The second kappa shape index (κ2) is 8.46. The molecule has 2 aromatic rings. The fraction of sp³-hybridized carbons (Fsp3) is 0.588. The minimum absolute atomic E-state index is 0.0564. The van der Waals surface area contributed by atoms with Gasteiger partial charge in [-0.05, 0) is 26.7 Å². The first-order valence-corrected chi connectivity index (χ1v) is 9.96. The van der Waals surface area contributed by atoms with Crippen molar-refractivity contribution < 1.29 is 18.3 Å². The van der Waals surface area contributed by atoms with Crippen LogP contribution in [0.1, 0.15) is 32.3 Å². The summed E-state index contributed by atoms with van der Waals surface area (Å²) in [6, 6.07) is 0.0564. The highest BCUT2D eigenvalue weighted by atomic mass is 32.2. The molecule has 0 radical (unpaired) electrons. The lowest BCUT2D eigenvalue weighted by Crippen LogP contribution is -2.36. The molecular formula is C17H24F3N7OS. The van der Waals surface area contributed by atoms with Gasteiger partial charge < -0.3 is 10.4 Å². The first-order valence-electron chi connectivity index (χ1n) is 9.13. The minimum Gasteiger partial charge on any atom is -0.389 e. The Bertz CT molecular complexity index is 829. The third kappa shape index (κ3) is 5.81. The fourth-order valence-corrected chi connectivity index (χ4v) is 3.56. The zero-order chi connectivity index (χ0) is 21.2. The molecule has 1 aliphatic rings. The molecule has 0 atom stereocenters. The summed E-state index contributed by atoms with van der Waals surface area (Å²) < 4.78 is 43.9. The number of nitrogens with two attached hydrogens (primary N) is 1. The van der Waals surface area contributed by atoms with Crippen LogP contribution >= 0.6 is 12.1 Å². The quantitative estimate of drug-likeness (QED) is 0.600. The van der Waals surface area contributed by atoms with Gasteiger partial charge >= 0.3 is 6.18 Å². The van der Waals surface area contributed by atoms with Gasteiger partial charge in [0.25, 0.3) is 0 Å². The van der Waals surface area contributed by atoms with Gasteiger partial charge in [-0.15, -0.1) is 0 Å². The number of rotatable bonds is 6. The monoisotopic (exact) mass is 431 g/mol. The Kier molecular flexibility index (Phi) is 6.36. The van der Waals surface area contributed by atoms with Crippen LogP contribution in [0.4, 0.5) is 19.1 Å². The van der Waals surface area contributed by atoms with Crippen molar-refractivity contribution in [3.8, 4) is 11.3 Å². The number of alkyl halides is 3. The minimum atomic E-state index is -4.60. The van der Waals surface area contributed by atoms with Crippen LogP contribution in [0.25, 0.3) is 11.3 Å². The Morgan fingerprint density at radius 3 is 2.55 bits per heavy atom. The molecule has 1 aliphatic heterocycles. The Labute approximate surface area is 171 Å². The standard InChI is InChI=1S/C17H24F3N7OS/c1-16(2,28)10-26-9-11(7-23-26)14-13(17(18,19)20)8-22-15(25-14)24-12-3-5-27(29-21)6-4-12/h7-9,12,28H,3-6,10,21H2,1-2H3,(H,22,24,25). The van der Waals surface area contributed by atoms with E-state index in [1.807, 2.05) is 4.31 Å². The van der Waals surface area contributed by atoms with Crippen LogP contribution in [-0.2, 0) is 12.7 Å². The highest BCUT2D eigenvalue weighted by Gasteiger charge is 2.36. The van der Waals surface area contributed by atoms with E-state index < -0.39 is 17.3 Å². The number of aliphatic hydroxyl groups is 1. The summed E-state index contributed by atoms with van der Waals surface area (Å²) in [5, 5.41) is 22.6. The number of hydrogen-bond donors (Lipinski definition) is 3. The Balaban J connectivity index is 1.85. The molecule has 3 rings (SSSR count). The first-order chi connectivity index (χ1) is 13.5. The van der Waals surface area contributed by atoms with E-state index in [1.165, 1.54) is 29.2 Å². The molecule has 0 unspecified atom stereocenters. The molecule has 4 N–H and O–H groups in total. The second-order valence-electron chi connectivity index (χ2n) is 7.65. The van der Waals surface area contributed by atoms with Gasteiger partial charge in [0.05, 0.1) is 24.0 Å². The summed E-state index contributed by atoms with van der Waals surface area (Å²) in [6.45, 7) is 4.88. The van der Waals surface area contributed by atoms with Crippen molar-refractivity contribution >= 4 is 18.1 Å². The lowest BCUT2D eigenvalue weighted by Gasteiger charge is -2.30. The number of halogens is 3. The van der Waals surface area contributed by atoms with Crippen LogP contribution < -0.4 is 10.5 Å². The van der Waals surface area contributed by atoms with E-state index >= 15 is 0 Å².